The Morgan fingerprint density at radius 1 is 1.53 bits per heavy atom. The average Bonchev–Trinajstić information content (AvgIpc) is 2.96. The van der Waals surface area contributed by atoms with Crippen molar-refractivity contribution in [3.8, 4) is 10.4 Å². The van der Waals surface area contributed by atoms with Gasteiger partial charge in [0.05, 0.1) is 17.9 Å². The van der Waals surface area contributed by atoms with Gasteiger partial charge in [-0.1, -0.05) is 6.07 Å². The van der Waals surface area contributed by atoms with E-state index in [9.17, 15) is 4.79 Å². The number of ether oxygens (including phenoxy) is 1. The molecular weight excluding hydrogens is 262 g/mol. The van der Waals surface area contributed by atoms with Crippen LogP contribution < -0.4 is 5.56 Å². The molecule has 0 aliphatic rings. The molecule has 5 nitrogen and oxygen atoms in total. The van der Waals surface area contributed by atoms with E-state index in [0.29, 0.717) is 17.9 Å². The number of rotatable bonds is 3. The highest BCUT2D eigenvalue weighted by molar-refractivity contribution is 7.13. The molecule has 0 aliphatic heterocycles. The minimum absolute atomic E-state index is 0.122. The van der Waals surface area contributed by atoms with Crippen molar-refractivity contribution in [1.29, 1.82) is 0 Å². The van der Waals surface area contributed by atoms with E-state index in [0.717, 1.165) is 16.1 Å². The van der Waals surface area contributed by atoms with Crippen LogP contribution in [0.4, 0.5) is 0 Å². The Kier molecular flexibility index (Phi) is 2.96. The van der Waals surface area contributed by atoms with Crippen LogP contribution >= 0.6 is 11.3 Å². The fraction of sp³-hybridized carbons (Fsp3) is 0.231. The van der Waals surface area contributed by atoms with Crippen LogP contribution in [0.25, 0.3) is 16.1 Å². The molecule has 6 heteroatoms. The number of methoxy groups -OCH3 is 1. The summed E-state index contributed by atoms with van der Waals surface area (Å²) in [6.45, 7) is 2.28. The monoisotopic (exact) mass is 275 g/mol. The molecule has 0 aliphatic carbocycles. The third-order valence-corrected chi connectivity index (χ3v) is 3.80. The molecule has 0 saturated carbocycles. The predicted octanol–water partition coefficient (Wildman–Crippen LogP) is 2.21. The number of aryl methyl sites for hydroxylation is 1. The van der Waals surface area contributed by atoms with E-state index in [4.69, 9.17) is 4.74 Å². The van der Waals surface area contributed by atoms with Crippen molar-refractivity contribution in [2.45, 2.75) is 13.5 Å². The van der Waals surface area contributed by atoms with E-state index in [2.05, 4.69) is 10.1 Å². The third kappa shape index (κ3) is 1.98. The molecule has 98 valence electrons. The van der Waals surface area contributed by atoms with Crippen molar-refractivity contribution < 1.29 is 4.74 Å². The van der Waals surface area contributed by atoms with E-state index >= 15 is 0 Å². The van der Waals surface area contributed by atoms with E-state index in [-0.39, 0.29) is 5.56 Å². The molecule has 0 spiro atoms. The van der Waals surface area contributed by atoms with Crippen LogP contribution in [0.15, 0.2) is 28.4 Å². The first-order valence-electron chi connectivity index (χ1n) is 5.85. The highest BCUT2D eigenvalue weighted by Gasteiger charge is 2.15. The zero-order valence-electron chi connectivity index (χ0n) is 10.6. The van der Waals surface area contributed by atoms with E-state index in [1.54, 1.807) is 18.4 Å². The highest BCUT2D eigenvalue weighted by atomic mass is 32.1. The van der Waals surface area contributed by atoms with Gasteiger partial charge in [-0.15, -0.1) is 11.3 Å². The number of aromatic nitrogens is 3. The lowest BCUT2D eigenvalue weighted by Gasteiger charge is -2.00. The van der Waals surface area contributed by atoms with Gasteiger partial charge in [0.15, 0.2) is 5.65 Å². The first-order valence-corrected chi connectivity index (χ1v) is 6.72. The van der Waals surface area contributed by atoms with Gasteiger partial charge in [0, 0.05) is 23.7 Å². The zero-order valence-corrected chi connectivity index (χ0v) is 11.5. The zero-order chi connectivity index (χ0) is 13.4. The second-order valence-electron chi connectivity index (χ2n) is 4.27. The molecule has 3 aromatic heterocycles. The number of hydrogen-bond donors (Lipinski definition) is 1. The Labute approximate surface area is 113 Å². The number of aromatic amines is 1. The molecule has 3 rings (SSSR count). The summed E-state index contributed by atoms with van der Waals surface area (Å²) in [5.74, 6) is 0. The largest absolute Gasteiger partial charge is 0.378 e. The van der Waals surface area contributed by atoms with Crippen LogP contribution in [0.3, 0.4) is 0 Å². The Bertz CT molecular complexity index is 771. The summed E-state index contributed by atoms with van der Waals surface area (Å²) in [7, 11) is 1.59. The fourth-order valence-electron chi connectivity index (χ4n) is 2.13. The lowest BCUT2D eigenvalue weighted by atomic mass is 10.2. The molecule has 0 bridgehead atoms. The van der Waals surface area contributed by atoms with Crippen LogP contribution in [-0.2, 0) is 11.3 Å². The lowest BCUT2D eigenvalue weighted by Crippen LogP contribution is -2.15. The maximum absolute atomic E-state index is 12.0. The molecule has 0 atom stereocenters. The summed E-state index contributed by atoms with van der Waals surface area (Å²) < 4.78 is 6.53. The number of nitrogens with zero attached hydrogens (tertiary/aromatic N) is 2. The fourth-order valence-corrected chi connectivity index (χ4v) is 2.96. The van der Waals surface area contributed by atoms with E-state index in [1.807, 2.05) is 24.4 Å². The van der Waals surface area contributed by atoms with Crippen molar-refractivity contribution >= 4 is 17.0 Å². The van der Waals surface area contributed by atoms with Crippen LogP contribution in [0, 0.1) is 6.92 Å². The Morgan fingerprint density at radius 2 is 2.37 bits per heavy atom. The lowest BCUT2D eigenvalue weighted by molar-refractivity contribution is 0.181. The van der Waals surface area contributed by atoms with Crippen LogP contribution in [0.5, 0.6) is 0 Å². The molecule has 3 aromatic rings. The second-order valence-corrected chi connectivity index (χ2v) is 5.21. The highest BCUT2D eigenvalue weighted by Crippen LogP contribution is 2.30. The summed E-state index contributed by atoms with van der Waals surface area (Å²) in [6, 6.07) is 5.50. The summed E-state index contributed by atoms with van der Waals surface area (Å²) >= 11 is 1.63. The average molecular weight is 275 g/mol. The summed E-state index contributed by atoms with van der Waals surface area (Å²) in [4.78, 5) is 17.7. The summed E-state index contributed by atoms with van der Waals surface area (Å²) in [5.41, 5.74) is 3.08. The van der Waals surface area contributed by atoms with Gasteiger partial charge in [0.25, 0.3) is 5.56 Å². The van der Waals surface area contributed by atoms with Gasteiger partial charge in [0.2, 0.25) is 0 Å². The maximum Gasteiger partial charge on any atom is 0.273 e. The number of thiophene rings is 1. The number of nitrogens with one attached hydrogen (secondary N) is 1. The second kappa shape index (κ2) is 4.64. The number of hydrogen-bond acceptors (Lipinski definition) is 4. The molecular formula is C13H13N3O2S. The van der Waals surface area contributed by atoms with Crippen molar-refractivity contribution in [1.82, 2.24) is 14.6 Å². The molecule has 0 amide bonds. The van der Waals surface area contributed by atoms with Crippen LogP contribution in [0.2, 0.25) is 0 Å². The van der Waals surface area contributed by atoms with Crippen molar-refractivity contribution in [2.75, 3.05) is 7.11 Å². The van der Waals surface area contributed by atoms with Gasteiger partial charge >= 0.3 is 0 Å². The number of fused-ring (bicyclic) bond motifs is 1. The first kappa shape index (κ1) is 12.1. The minimum atomic E-state index is -0.122. The molecule has 0 fully saturated rings. The van der Waals surface area contributed by atoms with Gasteiger partial charge in [0.1, 0.15) is 0 Å². The third-order valence-electron chi connectivity index (χ3n) is 2.91. The van der Waals surface area contributed by atoms with Crippen molar-refractivity contribution in [3.05, 3.63) is 45.3 Å². The van der Waals surface area contributed by atoms with Gasteiger partial charge in [-0.05, 0) is 18.4 Å². The maximum atomic E-state index is 12.0. The molecule has 19 heavy (non-hydrogen) atoms. The van der Waals surface area contributed by atoms with Gasteiger partial charge in [-0.2, -0.15) is 0 Å². The number of H-pyrrole nitrogens is 1. The Morgan fingerprint density at radius 3 is 3.05 bits per heavy atom. The standard InChI is InChI=1S/C13H13N3O2S/c1-8-12(10-4-3-5-19-10)13-14-9(7-18-2)6-11(17)16(13)15-8/h3-6,15H,7H2,1-2H3. The van der Waals surface area contributed by atoms with Gasteiger partial charge in [-0.3, -0.25) is 9.89 Å². The molecule has 0 radical (unpaired) electrons. The normalized spacial score (nSPS) is 11.3. The predicted molar refractivity (Wildman–Crippen MR) is 74.6 cm³/mol. The molecule has 3 heterocycles. The van der Waals surface area contributed by atoms with E-state index in [1.165, 1.54) is 10.6 Å². The molecule has 0 saturated heterocycles. The van der Waals surface area contributed by atoms with Crippen LogP contribution in [0.1, 0.15) is 11.4 Å². The van der Waals surface area contributed by atoms with Gasteiger partial charge in [-0.25, -0.2) is 9.50 Å². The van der Waals surface area contributed by atoms with Gasteiger partial charge < -0.3 is 4.74 Å². The Hall–Kier alpha value is -1.92. The topological polar surface area (TPSA) is 59.4 Å². The summed E-state index contributed by atoms with van der Waals surface area (Å²) in [5, 5.41) is 5.07. The van der Waals surface area contributed by atoms with Crippen molar-refractivity contribution in [2.24, 2.45) is 0 Å². The Balaban J connectivity index is 2.33. The van der Waals surface area contributed by atoms with Crippen molar-refractivity contribution in [3.63, 3.8) is 0 Å². The first-order chi connectivity index (χ1) is 9.20. The molecule has 0 aromatic carbocycles. The quantitative estimate of drug-likeness (QED) is 0.797. The minimum Gasteiger partial charge on any atom is -0.378 e. The molecule has 1 N–H and O–H groups in total. The van der Waals surface area contributed by atoms with Crippen LogP contribution in [-0.4, -0.2) is 21.7 Å². The smallest absolute Gasteiger partial charge is 0.273 e. The summed E-state index contributed by atoms with van der Waals surface area (Å²) in [6.07, 6.45) is 0. The molecule has 0 unspecified atom stereocenters. The SMILES string of the molecule is COCc1cc(=O)n2[nH]c(C)c(-c3cccs3)c2n1. The van der Waals surface area contributed by atoms with E-state index < -0.39 is 0 Å².